The van der Waals surface area contributed by atoms with Crippen LogP contribution in [0.2, 0.25) is 0 Å². The van der Waals surface area contributed by atoms with E-state index < -0.39 is 0 Å². The zero-order valence-corrected chi connectivity index (χ0v) is 11.9. The SMILES string of the molecule is CCN(c1ccccc1)c1cc(C)nc(C)c1CN. The van der Waals surface area contributed by atoms with Gasteiger partial charge >= 0.3 is 0 Å². The number of nitrogens with zero attached hydrogens (tertiary/aromatic N) is 2. The molecule has 100 valence electrons. The first-order chi connectivity index (χ1) is 9.17. The first-order valence-electron chi connectivity index (χ1n) is 6.67. The van der Waals surface area contributed by atoms with E-state index in [0.29, 0.717) is 6.54 Å². The van der Waals surface area contributed by atoms with Crippen molar-refractivity contribution >= 4 is 11.4 Å². The topological polar surface area (TPSA) is 42.2 Å². The lowest BCUT2D eigenvalue weighted by Gasteiger charge is -2.26. The molecule has 2 aromatic rings. The van der Waals surface area contributed by atoms with E-state index in [1.54, 1.807) is 0 Å². The van der Waals surface area contributed by atoms with Crippen LogP contribution in [-0.4, -0.2) is 11.5 Å². The normalized spacial score (nSPS) is 10.5. The summed E-state index contributed by atoms with van der Waals surface area (Å²) in [7, 11) is 0. The van der Waals surface area contributed by atoms with Crippen molar-refractivity contribution in [3.63, 3.8) is 0 Å². The van der Waals surface area contributed by atoms with E-state index in [2.05, 4.69) is 47.1 Å². The molecular weight excluding hydrogens is 234 g/mol. The number of hydrogen-bond acceptors (Lipinski definition) is 3. The predicted molar refractivity (Wildman–Crippen MR) is 80.7 cm³/mol. The van der Waals surface area contributed by atoms with Crippen molar-refractivity contribution in [2.75, 3.05) is 11.4 Å². The van der Waals surface area contributed by atoms with Crippen LogP contribution >= 0.6 is 0 Å². The van der Waals surface area contributed by atoms with Gasteiger partial charge in [-0.05, 0) is 39.0 Å². The molecule has 3 heteroatoms. The van der Waals surface area contributed by atoms with Crippen molar-refractivity contribution in [2.24, 2.45) is 5.73 Å². The molecule has 0 saturated carbocycles. The zero-order chi connectivity index (χ0) is 13.8. The second-order valence-electron chi connectivity index (χ2n) is 4.63. The van der Waals surface area contributed by atoms with Crippen molar-refractivity contribution in [1.29, 1.82) is 0 Å². The van der Waals surface area contributed by atoms with Crippen LogP contribution < -0.4 is 10.6 Å². The molecule has 0 fully saturated rings. The lowest BCUT2D eigenvalue weighted by molar-refractivity contribution is 0.941. The smallest absolute Gasteiger partial charge is 0.0492 e. The minimum atomic E-state index is 0.512. The number of nitrogens with two attached hydrogens (primary N) is 1. The van der Waals surface area contributed by atoms with E-state index >= 15 is 0 Å². The van der Waals surface area contributed by atoms with Gasteiger partial charge in [-0.1, -0.05) is 18.2 Å². The fourth-order valence-electron chi connectivity index (χ4n) is 2.43. The number of para-hydroxylation sites is 1. The molecule has 0 aliphatic carbocycles. The Labute approximate surface area is 115 Å². The second kappa shape index (κ2) is 5.85. The summed E-state index contributed by atoms with van der Waals surface area (Å²) < 4.78 is 0. The fraction of sp³-hybridized carbons (Fsp3) is 0.312. The van der Waals surface area contributed by atoms with Gasteiger partial charge in [-0.3, -0.25) is 4.98 Å². The minimum Gasteiger partial charge on any atom is -0.341 e. The highest BCUT2D eigenvalue weighted by Crippen LogP contribution is 2.30. The van der Waals surface area contributed by atoms with Crippen molar-refractivity contribution in [2.45, 2.75) is 27.3 Å². The van der Waals surface area contributed by atoms with Crippen LogP contribution in [0.15, 0.2) is 36.4 Å². The summed E-state index contributed by atoms with van der Waals surface area (Å²) in [5.41, 5.74) is 11.4. The Morgan fingerprint density at radius 1 is 1.16 bits per heavy atom. The lowest BCUT2D eigenvalue weighted by atomic mass is 10.1. The van der Waals surface area contributed by atoms with Crippen molar-refractivity contribution in [3.8, 4) is 0 Å². The van der Waals surface area contributed by atoms with Gasteiger partial charge in [0.2, 0.25) is 0 Å². The number of aromatic nitrogens is 1. The monoisotopic (exact) mass is 255 g/mol. The number of pyridine rings is 1. The quantitative estimate of drug-likeness (QED) is 0.911. The summed E-state index contributed by atoms with van der Waals surface area (Å²) in [6, 6.07) is 12.5. The Bertz CT molecular complexity index is 549. The third-order valence-corrected chi connectivity index (χ3v) is 3.31. The molecular formula is C16H21N3. The summed E-state index contributed by atoms with van der Waals surface area (Å²) >= 11 is 0. The zero-order valence-electron chi connectivity index (χ0n) is 11.9. The molecule has 0 radical (unpaired) electrons. The van der Waals surface area contributed by atoms with Gasteiger partial charge in [0, 0.05) is 41.4 Å². The van der Waals surface area contributed by atoms with Gasteiger partial charge in [0.1, 0.15) is 0 Å². The molecule has 1 heterocycles. The molecule has 0 spiro atoms. The largest absolute Gasteiger partial charge is 0.341 e. The Kier molecular flexibility index (Phi) is 4.17. The van der Waals surface area contributed by atoms with Crippen LogP contribution in [0.4, 0.5) is 11.4 Å². The van der Waals surface area contributed by atoms with Crippen molar-refractivity contribution in [3.05, 3.63) is 53.3 Å². The summed E-state index contributed by atoms with van der Waals surface area (Å²) in [6.07, 6.45) is 0. The molecule has 1 aromatic heterocycles. The molecule has 0 aliphatic heterocycles. The maximum absolute atomic E-state index is 5.91. The fourth-order valence-corrected chi connectivity index (χ4v) is 2.43. The number of hydrogen-bond donors (Lipinski definition) is 1. The van der Waals surface area contributed by atoms with E-state index in [1.807, 2.05) is 19.9 Å². The van der Waals surface area contributed by atoms with E-state index in [0.717, 1.165) is 23.5 Å². The van der Waals surface area contributed by atoms with Crippen LogP contribution in [0, 0.1) is 13.8 Å². The number of rotatable bonds is 4. The van der Waals surface area contributed by atoms with Crippen molar-refractivity contribution in [1.82, 2.24) is 4.98 Å². The maximum Gasteiger partial charge on any atom is 0.0492 e. The third-order valence-electron chi connectivity index (χ3n) is 3.31. The summed E-state index contributed by atoms with van der Waals surface area (Å²) in [5, 5.41) is 0. The Morgan fingerprint density at radius 3 is 2.42 bits per heavy atom. The highest BCUT2D eigenvalue weighted by atomic mass is 15.1. The van der Waals surface area contributed by atoms with Gasteiger partial charge < -0.3 is 10.6 Å². The molecule has 1 aromatic carbocycles. The van der Waals surface area contributed by atoms with Gasteiger partial charge in [0.15, 0.2) is 0 Å². The van der Waals surface area contributed by atoms with Crippen LogP contribution in [-0.2, 0) is 6.54 Å². The van der Waals surface area contributed by atoms with Gasteiger partial charge in [0.05, 0.1) is 0 Å². The van der Waals surface area contributed by atoms with Crippen molar-refractivity contribution < 1.29 is 0 Å². The molecule has 19 heavy (non-hydrogen) atoms. The molecule has 2 N–H and O–H groups in total. The predicted octanol–water partition coefficient (Wildman–Crippen LogP) is 3.32. The average molecular weight is 255 g/mol. The standard InChI is InChI=1S/C16H21N3/c1-4-19(14-8-6-5-7-9-14)16-10-12(2)18-13(3)15(16)11-17/h5-10H,4,11,17H2,1-3H3. The minimum absolute atomic E-state index is 0.512. The molecule has 0 unspecified atom stereocenters. The first-order valence-corrected chi connectivity index (χ1v) is 6.67. The van der Waals surface area contributed by atoms with Crippen LogP contribution in [0.25, 0.3) is 0 Å². The molecule has 0 saturated heterocycles. The van der Waals surface area contributed by atoms with Crippen LogP contribution in [0.1, 0.15) is 23.9 Å². The molecule has 0 atom stereocenters. The van der Waals surface area contributed by atoms with Gasteiger partial charge in [-0.2, -0.15) is 0 Å². The summed E-state index contributed by atoms with van der Waals surface area (Å²) in [4.78, 5) is 6.79. The van der Waals surface area contributed by atoms with Gasteiger partial charge in [0.25, 0.3) is 0 Å². The second-order valence-corrected chi connectivity index (χ2v) is 4.63. The molecule has 2 rings (SSSR count). The summed E-state index contributed by atoms with van der Waals surface area (Å²) in [5.74, 6) is 0. The van der Waals surface area contributed by atoms with E-state index in [4.69, 9.17) is 5.73 Å². The third kappa shape index (κ3) is 2.76. The highest BCUT2D eigenvalue weighted by molar-refractivity contribution is 5.67. The van der Waals surface area contributed by atoms with E-state index in [-0.39, 0.29) is 0 Å². The molecule has 3 nitrogen and oxygen atoms in total. The Balaban J connectivity index is 2.55. The maximum atomic E-state index is 5.91. The first kappa shape index (κ1) is 13.6. The Morgan fingerprint density at radius 2 is 1.84 bits per heavy atom. The van der Waals surface area contributed by atoms with Crippen LogP contribution in [0.3, 0.4) is 0 Å². The molecule has 0 aliphatic rings. The lowest BCUT2D eigenvalue weighted by Crippen LogP contribution is -2.20. The highest BCUT2D eigenvalue weighted by Gasteiger charge is 2.14. The van der Waals surface area contributed by atoms with Gasteiger partial charge in [-0.15, -0.1) is 0 Å². The summed E-state index contributed by atoms with van der Waals surface area (Å²) in [6.45, 7) is 7.61. The van der Waals surface area contributed by atoms with E-state index in [9.17, 15) is 0 Å². The number of anilines is 2. The number of benzene rings is 1. The Hall–Kier alpha value is -1.87. The average Bonchev–Trinajstić information content (AvgIpc) is 2.40. The number of aryl methyl sites for hydroxylation is 2. The van der Waals surface area contributed by atoms with Gasteiger partial charge in [-0.25, -0.2) is 0 Å². The molecule has 0 amide bonds. The molecule has 0 bridgehead atoms. The van der Waals surface area contributed by atoms with Crippen LogP contribution in [0.5, 0.6) is 0 Å². The van der Waals surface area contributed by atoms with E-state index in [1.165, 1.54) is 11.4 Å².